The molecule has 3 N–H and O–H groups in total. The van der Waals surface area contributed by atoms with Crippen LogP contribution in [0.25, 0.3) is 11.5 Å². The van der Waals surface area contributed by atoms with Crippen molar-refractivity contribution in [3.05, 3.63) is 36.2 Å². The Morgan fingerprint density at radius 2 is 2.00 bits per heavy atom. The molecule has 0 aliphatic heterocycles. The summed E-state index contributed by atoms with van der Waals surface area (Å²) in [5, 5.41) is 6.57. The largest absolute Gasteiger partial charge is 0.345 e. The van der Waals surface area contributed by atoms with Crippen LogP contribution in [0.3, 0.4) is 0 Å². The average molecular weight is 260 g/mol. The number of benzene rings is 1. The third kappa shape index (κ3) is 3.17. The van der Waals surface area contributed by atoms with E-state index in [0.29, 0.717) is 11.7 Å². The lowest BCUT2D eigenvalue weighted by Gasteiger charge is -2.11. The zero-order chi connectivity index (χ0) is 13.8. The lowest BCUT2D eigenvalue weighted by molar-refractivity contribution is -0.122. The smallest absolute Gasteiger partial charge is 0.257 e. The van der Waals surface area contributed by atoms with E-state index in [-0.39, 0.29) is 11.9 Å². The second-order valence-corrected chi connectivity index (χ2v) is 4.34. The molecule has 2 atom stereocenters. The van der Waals surface area contributed by atoms with Gasteiger partial charge in [-0.15, -0.1) is 0 Å². The maximum Gasteiger partial charge on any atom is 0.257 e. The number of hydrogen-bond donors (Lipinski definition) is 2. The van der Waals surface area contributed by atoms with Crippen LogP contribution in [0.4, 0.5) is 0 Å². The number of nitrogens with zero attached hydrogens (tertiary/aromatic N) is 2. The molecule has 19 heavy (non-hydrogen) atoms. The standard InChI is InChI=1S/C13H16N4O2/c1-8(14)12(18)15-9(2)11-16-13(19-17-11)10-6-4-3-5-7-10/h3-9H,14H2,1-2H3,(H,15,18)/t8-,9?/m0/s1. The molecule has 1 unspecified atom stereocenters. The lowest BCUT2D eigenvalue weighted by atomic mass is 10.2. The third-order valence-corrected chi connectivity index (χ3v) is 2.62. The van der Waals surface area contributed by atoms with Crippen molar-refractivity contribution in [3.8, 4) is 11.5 Å². The summed E-state index contributed by atoms with van der Waals surface area (Å²) in [5.41, 5.74) is 6.32. The number of hydrogen-bond acceptors (Lipinski definition) is 5. The van der Waals surface area contributed by atoms with Gasteiger partial charge in [0.1, 0.15) is 0 Å². The van der Waals surface area contributed by atoms with Crippen molar-refractivity contribution in [2.45, 2.75) is 25.9 Å². The molecule has 1 amide bonds. The second-order valence-electron chi connectivity index (χ2n) is 4.34. The number of carbonyl (C=O) groups is 1. The van der Waals surface area contributed by atoms with E-state index in [4.69, 9.17) is 10.3 Å². The first-order valence-electron chi connectivity index (χ1n) is 6.03. The fourth-order valence-electron chi connectivity index (χ4n) is 1.52. The van der Waals surface area contributed by atoms with Crippen LogP contribution in [0.5, 0.6) is 0 Å². The summed E-state index contributed by atoms with van der Waals surface area (Å²) < 4.78 is 5.17. The number of carbonyl (C=O) groups excluding carboxylic acids is 1. The predicted molar refractivity (Wildman–Crippen MR) is 69.9 cm³/mol. The molecule has 0 aliphatic carbocycles. The third-order valence-electron chi connectivity index (χ3n) is 2.62. The molecule has 0 aliphatic rings. The summed E-state index contributed by atoms with van der Waals surface area (Å²) in [7, 11) is 0. The number of aromatic nitrogens is 2. The van der Waals surface area contributed by atoms with Crippen molar-refractivity contribution in [2.24, 2.45) is 5.73 Å². The molecule has 0 fully saturated rings. The van der Waals surface area contributed by atoms with Gasteiger partial charge in [0.2, 0.25) is 5.91 Å². The van der Waals surface area contributed by atoms with E-state index < -0.39 is 6.04 Å². The second kappa shape index (κ2) is 5.62. The Morgan fingerprint density at radius 1 is 1.32 bits per heavy atom. The molecular formula is C13H16N4O2. The Kier molecular flexibility index (Phi) is 3.91. The molecule has 0 bridgehead atoms. The lowest BCUT2D eigenvalue weighted by Crippen LogP contribution is -2.39. The topological polar surface area (TPSA) is 94.0 Å². The zero-order valence-electron chi connectivity index (χ0n) is 10.8. The van der Waals surface area contributed by atoms with E-state index >= 15 is 0 Å². The molecule has 1 aromatic heterocycles. The first-order chi connectivity index (χ1) is 9.08. The van der Waals surface area contributed by atoms with Crippen molar-refractivity contribution < 1.29 is 9.32 Å². The van der Waals surface area contributed by atoms with Gasteiger partial charge in [-0.05, 0) is 26.0 Å². The molecular weight excluding hydrogens is 244 g/mol. The van der Waals surface area contributed by atoms with Gasteiger partial charge in [-0.25, -0.2) is 0 Å². The summed E-state index contributed by atoms with van der Waals surface area (Å²) in [5.74, 6) is 0.601. The Hall–Kier alpha value is -2.21. The van der Waals surface area contributed by atoms with E-state index in [1.807, 2.05) is 30.3 Å². The van der Waals surface area contributed by atoms with E-state index in [0.717, 1.165) is 5.56 Å². The summed E-state index contributed by atoms with van der Waals surface area (Å²) >= 11 is 0. The molecule has 100 valence electrons. The molecule has 1 heterocycles. The maximum absolute atomic E-state index is 11.5. The van der Waals surface area contributed by atoms with Crippen LogP contribution in [-0.2, 0) is 4.79 Å². The minimum absolute atomic E-state index is 0.251. The first kappa shape index (κ1) is 13.2. The van der Waals surface area contributed by atoms with Gasteiger partial charge in [0, 0.05) is 5.56 Å². The van der Waals surface area contributed by atoms with Crippen LogP contribution in [0.2, 0.25) is 0 Å². The molecule has 1 aromatic carbocycles. The van der Waals surface area contributed by atoms with Crippen LogP contribution in [-0.4, -0.2) is 22.1 Å². The van der Waals surface area contributed by atoms with Crippen molar-refractivity contribution in [1.82, 2.24) is 15.5 Å². The molecule has 0 saturated carbocycles. The summed E-state index contributed by atoms with van der Waals surface area (Å²) in [6, 6.07) is 8.53. The van der Waals surface area contributed by atoms with Gasteiger partial charge in [-0.2, -0.15) is 4.98 Å². The molecule has 0 saturated heterocycles. The Labute approximate surface area is 111 Å². The van der Waals surface area contributed by atoms with Crippen LogP contribution in [0.15, 0.2) is 34.9 Å². The fraction of sp³-hybridized carbons (Fsp3) is 0.308. The Morgan fingerprint density at radius 3 is 2.63 bits per heavy atom. The molecule has 2 aromatic rings. The van der Waals surface area contributed by atoms with E-state index in [1.54, 1.807) is 13.8 Å². The minimum Gasteiger partial charge on any atom is -0.345 e. The normalized spacial score (nSPS) is 13.8. The van der Waals surface area contributed by atoms with Gasteiger partial charge in [0.05, 0.1) is 12.1 Å². The fourth-order valence-corrected chi connectivity index (χ4v) is 1.52. The number of rotatable bonds is 4. The van der Waals surface area contributed by atoms with Gasteiger partial charge in [-0.1, -0.05) is 23.4 Å². The van der Waals surface area contributed by atoms with E-state index in [9.17, 15) is 4.79 Å². The molecule has 2 rings (SSSR count). The van der Waals surface area contributed by atoms with Gasteiger partial charge >= 0.3 is 0 Å². The summed E-state index contributed by atoms with van der Waals surface area (Å²) in [6.45, 7) is 3.40. The van der Waals surface area contributed by atoms with Crippen LogP contribution in [0, 0.1) is 0 Å². The number of nitrogens with two attached hydrogens (primary N) is 1. The highest BCUT2D eigenvalue weighted by Crippen LogP contribution is 2.18. The van der Waals surface area contributed by atoms with E-state index in [1.165, 1.54) is 0 Å². The molecule has 0 spiro atoms. The van der Waals surface area contributed by atoms with Crippen molar-refractivity contribution >= 4 is 5.91 Å². The van der Waals surface area contributed by atoms with Gasteiger partial charge in [0.25, 0.3) is 5.89 Å². The molecule has 6 heteroatoms. The Bertz CT molecular complexity index is 551. The maximum atomic E-state index is 11.5. The highest BCUT2D eigenvalue weighted by atomic mass is 16.5. The van der Waals surface area contributed by atoms with Crippen molar-refractivity contribution in [1.29, 1.82) is 0 Å². The predicted octanol–water partition coefficient (Wildman–Crippen LogP) is 1.26. The van der Waals surface area contributed by atoms with E-state index in [2.05, 4.69) is 15.5 Å². The van der Waals surface area contributed by atoms with Crippen molar-refractivity contribution in [2.75, 3.05) is 0 Å². The molecule has 6 nitrogen and oxygen atoms in total. The van der Waals surface area contributed by atoms with Crippen LogP contribution in [0.1, 0.15) is 25.7 Å². The van der Waals surface area contributed by atoms with Crippen LogP contribution < -0.4 is 11.1 Å². The van der Waals surface area contributed by atoms with Crippen LogP contribution >= 0.6 is 0 Å². The first-order valence-corrected chi connectivity index (χ1v) is 6.03. The average Bonchev–Trinajstić information content (AvgIpc) is 2.89. The SMILES string of the molecule is CC(NC(=O)[C@H](C)N)c1noc(-c2ccccc2)n1. The quantitative estimate of drug-likeness (QED) is 0.863. The van der Waals surface area contributed by atoms with Gasteiger partial charge in [0.15, 0.2) is 5.82 Å². The van der Waals surface area contributed by atoms with Gasteiger partial charge in [-0.3, -0.25) is 4.79 Å². The number of amides is 1. The highest BCUT2D eigenvalue weighted by Gasteiger charge is 2.18. The monoisotopic (exact) mass is 260 g/mol. The van der Waals surface area contributed by atoms with Gasteiger partial charge < -0.3 is 15.6 Å². The molecule has 0 radical (unpaired) electrons. The zero-order valence-corrected chi connectivity index (χ0v) is 10.8. The summed E-state index contributed by atoms with van der Waals surface area (Å²) in [4.78, 5) is 15.7. The number of nitrogens with one attached hydrogen (secondary N) is 1. The van der Waals surface area contributed by atoms with Crippen molar-refractivity contribution in [3.63, 3.8) is 0 Å². The highest BCUT2D eigenvalue weighted by molar-refractivity contribution is 5.81. The summed E-state index contributed by atoms with van der Waals surface area (Å²) in [6.07, 6.45) is 0. The Balaban J connectivity index is 2.11. The minimum atomic E-state index is -0.567.